The topological polar surface area (TPSA) is 50.8 Å². The Morgan fingerprint density at radius 3 is 2.58 bits per heavy atom. The Morgan fingerprint density at radius 1 is 1.32 bits per heavy atom. The van der Waals surface area contributed by atoms with Crippen LogP contribution in [0.4, 0.5) is 0 Å². The van der Waals surface area contributed by atoms with Crippen molar-refractivity contribution in [3.8, 4) is 0 Å². The molecule has 1 heterocycles. The first kappa shape index (κ1) is 13.9. The summed E-state index contributed by atoms with van der Waals surface area (Å²) in [5, 5.41) is 0. The molecule has 0 aromatic heterocycles. The van der Waals surface area contributed by atoms with Crippen LogP contribution >= 0.6 is 0 Å². The third-order valence-electron chi connectivity index (χ3n) is 3.51. The molecule has 2 rings (SSSR count). The fourth-order valence-corrected chi connectivity index (χ4v) is 2.12. The first-order chi connectivity index (χ1) is 9.16. The van der Waals surface area contributed by atoms with Gasteiger partial charge in [0.05, 0.1) is 13.2 Å². The lowest BCUT2D eigenvalue weighted by atomic mass is 10.0. The van der Waals surface area contributed by atoms with Crippen LogP contribution < -0.4 is 5.73 Å². The highest BCUT2D eigenvalue weighted by Gasteiger charge is 2.12. The summed E-state index contributed by atoms with van der Waals surface area (Å²) < 4.78 is 5.30. The van der Waals surface area contributed by atoms with Gasteiger partial charge >= 0.3 is 0 Å². The van der Waals surface area contributed by atoms with E-state index in [-0.39, 0.29) is 0 Å². The first-order valence-electron chi connectivity index (χ1n) is 6.86. The van der Waals surface area contributed by atoms with Gasteiger partial charge in [0.25, 0.3) is 0 Å². The molecule has 19 heavy (non-hydrogen) atoms. The minimum atomic E-state index is 0.389. The van der Waals surface area contributed by atoms with Crippen molar-refractivity contribution >= 4 is 5.96 Å². The first-order valence-corrected chi connectivity index (χ1v) is 6.86. The Labute approximate surface area is 115 Å². The average molecular weight is 261 g/mol. The summed E-state index contributed by atoms with van der Waals surface area (Å²) in [7, 11) is 0. The third-order valence-corrected chi connectivity index (χ3v) is 3.51. The highest BCUT2D eigenvalue weighted by Crippen LogP contribution is 2.16. The standard InChI is InChI=1S/C15H23N3O/c1-12-3-5-14(6-4-12)13(2)11-17-15(16)18-7-9-19-10-8-18/h3-6,13H,7-11H2,1-2H3,(H2,16,17). The van der Waals surface area contributed by atoms with Crippen LogP contribution in [0.2, 0.25) is 0 Å². The second-order valence-corrected chi connectivity index (χ2v) is 5.11. The van der Waals surface area contributed by atoms with Gasteiger partial charge in [0.2, 0.25) is 0 Å². The van der Waals surface area contributed by atoms with E-state index in [9.17, 15) is 0 Å². The number of hydrogen-bond acceptors (Lipinski definition) is 2. The minimum absolute atomic E-state index is 0.389. The van der Waals surface area contributed by atoms with E-state index in [1.54, 1.807) is 0 Å². The molecule has 0 bridgehead atoms. The number of morpholine rings is 1. The van der Waals surface area contributed by atoms with E-state index in [0.717, 1.165) is 32.8 Å². The molecule has 0 radical (unpaired) electrons. The number of benzene rings is 1. The average Bonchev–Trinajstić information content (AvgIpc) is 2.46. The van der Waals surface area contributed by atoms with Gasteiger partial charge in [-0.25, -0.2) is 0 Å². The summed E-state index contributed by atoms with van der Waals surface area (Å²) in [6.45, 7) is 8.17. The molecule has 0 saturated carbocycles. The number of ether oxygens (including phenoxy) is 1. The molecule has 4 nitrogen and oxygen atoms in total. The summed E-state index contributed by atoms with van der Waals surface area (Å²) in [5.41, 5.74) is 8.61. The molecule has 1 atom stereocenters. The van der Waals surface area contributed by atoms with Crippen molar-refractivity contribution in [3.05, 3.63) is 35.4 Å². The number of aliphatic imine (C=N–C) groups is 1. The maximum absolute atomic E-state index is 6.02. The second kappa shape index (κ2) is 6.57. The Bertz CT molecular complexity index is 422. The molecule has 2 N–H and O–H groups in total. The molecule has 1 unspecified atom stereocenters. The largest absolute Gasteiger partial charge is 0.378 e. The molecule has 1 saturated heterocycles. The predicted octanol–water partition coefficient (Wildman–Crippen LogP) is 1.75. The van der Waals surface area contributed by atoms with Crippen LogP contribution in [0, 0.1) is 6.92 Å². The second-order valence-electron chi connectivity index (χ2n) is 5.11. The third kappa shape index (κ3) is 3.96. The maximum atomic E-state index is 6.02. The van der Waals surface area contributed by atoms with Crippen LogP contribution in [0.3, 0.4) is 0 Å². The molecule has 0 amide bonds. The smallest absolute Gasteiger partial charge is 0.191 e. The summed E-state index contributed by atoms with van der Waals surface area (Å²) >= 11 is 0. The van der Waals surface area contributed by atoms with E-state index < -0.39 is 0 Å². The molecule has 1 fully saturated rings. The summed E-state index contributed by atoms with van der Waals surface area (Å²) in [5.74, 6) is 1.03. The number of hydrogen-bond donors (Lipinski definition) is 1. The van der Waals surface area contributed by atoms with Gasteiger partial charge in [0, 0.05) is 25.6 Å². The van der Waals surface area contributed by atoms with Gasteiger partial charge in [0.15, 0.2) is 5.96 Å². The molecule has 0 aliphatic carbocycles. The van der Waals surface area contributed by atoms with Gasteiger partial charge in [0.1, 0.15) is 0 Å². The van der Waals surface area contributed by atoms with Crippen molar-refractivity contribution in [1.29, 1.82) is 0 Å². The summed E-state index contributed by atoms with van der Waals surface area (Å²) in [6.07, 6.45) is 0. The molecule has 1 aliphatic rings. The normalized spacial score (nSPS) is 18.4. The van der Waals surface area contributed by atoms with Gasteiger partial charge in [-0.2, -0.15) is 0 Å². The van der Waals surface area contributed by atoms with E-state index >= 15 is 0 Å². The van der Waals surface area contributed by atoms with Crippen LogP contribution in [0.25, 0.3) is 0 Å². The van der Waals surface area contributed by atoms with Crippen LogP contribution in [-0.4, -0.2) is 43.7 Å². The maximum Gasteiger partial charge on any atom is 0.191 e. The molecule has 4 heteroatoms. The summed E-state index contributed by atoms with van der Waals surface area (Å²) in [6, 6.07) is 8.61. The lowest BCUT2D eigenvalue weighted by Crippen LogP contribution is -2.45. The van der Waals surface area contributed by atoms with Crippen molar-refractivity contribution in [2.75, 3.05) is 32.8 Å². The van der Waals surface area contributed by atoms with Gasteiger partial charge < -0.3 is 15.4 Å². The van der Waals surface area contributed by atoms with Crippen molar-refractivity contribution in [1.82, 2.24) is 4.90 Å². The molecular weight excluding hydrogens is 238 g/mol. The van der Waals surface area contributed by atoms with Gasteiger partial charge in [-0.05, 0) is 12.5 Å². The zero-order valence-corrected chi connectivity index (χ0v) is 11.8. The molecule has 1 aliphatic heterocycles. The van der Waals surface area contributed by atoms with Gasteiger partial charge in [-0.3, -0.25) is 4.99 Å². The van der Waals surface area contributed by atoms with Crippen LogP contribution in [-0.2, 0) is 4.74 Å². The number of nitrogens with zero attached hydrogens (tertiary/aromatic N) is 2. The van der Waals surface area contributed by atoms with E-state index in [0.29, 0.717) is 11.9 Å². The van der Waals surface area contributed by atoms with Crippen molar-refractivity contribution in [2.24, 2.45) is 10.7 Å². The number of nitrogens with two attached hydrogens (primary N) is 1. The Morgan fingerprint density at radius 2 is 1.95 bits per heavy atom. The fourth-order valence-electron chi connectivity index (χ4n) is 2.12. The monoisotopic (exact) mass is 261 g/mol. The van der Waals surface area contributed by atoms with Crippen molar-refractivity contribution in [2.45, 2.75) is 19.8 Å². The van der Waals surface area contributed by atoms with E-state index in [2.05, 4.69) is 48.0 Å². The summed E-state index contributed by atoms with van der Waals surface area (Å²) in [4.78, 5) is 6.60. The fraction of sp³-hybridized carbons (Fsp3) is 0.533. The van der Waals surface area contributed by atoms with Crippen LogP contribution in [0.5, 0.6) is 0 Å². The molecule has 1 aromatic carbocycles. The highest BCUT2D eigenvalue weighted by molar-refractivity contribution is 5.78. The van der Waals surface area contributed by atoms with E-state index in [4.69, 9.17) is 10.5 Å². The van der Waals surface area contributed by atoms with Gasteiger partial charge in [-0.15, -0.1) is 0 Å². The van der Waals surface area contributed by atoms with Crippen LogP contribution in [0.15, 0.2) is 29.3 Å². The molecule has 1 aromatic rings. The number of guanidine groups is 1. The highest BCUT2D eigenvalue weighted by atomic mass is 16.5. The Hall–Kier alpha value is -1.55. The lowest BCUT2D eigenvalue weighted by molar-refractivity contribution is 0.0674. The Kier molecular flexibility index (Phi) is 4.80. The predicted molar refractivity (Wildman–Crippen MR) is 78.5 cm³/mol. The number of rotatable bonds is 3. The van der Waals surface area contributed by atoms with E-state index in [1.165, 1.54) is 11.1 Å². The van der Waals surface area contributed by atoms with Crippen molar-refractivity contribution in [3.63, 3.8) is 0 Å². The van der Waals surface area contributed by atoms with Crippen LogP contribution in [0.1, 0.15) is 24.0 Å². The Balaban J connectivity index is 1.91. The van der Waals surface area contributed by atoms with E-state index in [1.807, 2.05) is 0 Å². The number of aryl methyl sites for hydroxylation is 1. The van der Waals surface area contributed by atoms with Crippen molar-refractivity contribution < 1.29 is 4.74 Å². The SMILES string of the molecule is Cc1ccc(C(C)CN=C(N)N2CCOCC2)cc1. The quantitative estimate of drug-likeness (QED) is 0.666. The molecular formula is C15H23N3O. The molecule has 104 valence electrons. The van der Waals surface area contributed by atoms with Gasteiger partial charge in [-0.1, -0.05) is 36.8 Å². The zero-order chi connectivity index (χ0) is 13.7. The lowest BCUT2D eigenvalue weighted by Gasteiger charge is -2.27. The zero-order valence-electron chi connectivity index (χ0n) is 11.8. The molecule has 0 spiro atoms. The minimum Gasteiger partial charge on any atom is -0.378 e.